The smallest absolute Gasteiger partial charge is 0.407 e. The number of aliphatic hydroxyl groups is 7. The molecule has 4 unspecified atom stereocenters. The van der Waals surface area contributed by atoms with Gasteiger partial charge >= 0.3 is 12.2 Å². The van der Waals surface area contributed by atoms with Crippen molar-refractivity contribution in [3.8, 4) is 0 Å². The molecule has 0 aromatic carbocycles. The molecule has 6 fully saturated rings. The Bertz CT molecular complexity index is 842. The van der Waals surface area contributed by atoms with Gasteiger partial charge in [-0.2, -0.15) is 0 Å². The van der Waals surface area contributed by atoms with Gasteiger partial charge in [0.1, 0.15) is 43.2 Å². The fourth-order valence-electron chi connectivity index (χ4n) is 4.88. The zero-order valence-electron chi connectivity index (χ0n) is 25.9. The summed E-state index contributed by atoms with van der Waals surface area (Å²) in [5.74, 6) is -0.592. The van der Waals surface area contributed by atoms with Gasteiger partial charge in [-0.3, -0.25) is 0 Å². The molecular formula is C27H50N2O17. The molecule has 9 N–H and O–H groups in total. The van der Waals surface area contributed by atoms with Gasteiger partial charge in [0.2, 0.25) is 0 Å². The van der Waals surface area contributed by atoms with Crippen LogP contribution >= 0.6 is 0 Å². The highest BCUT2D eigenvalue weighted by Crippen LogP contribution is 2.34. The molecule has 6 saturated heterocycles. The van der Waals surface area contributed by atoms with E-state index in [4.69, 9.17) is 43.4 Å². The fraction of sp³-hybridized carbons (Fsp3) is 0.926. The third kappa shape index (κ3) is 13.3. The van der Waals surface area contributed by atoms with Crippen molar-refractivity contribution in [1.29, 1.82) is 0 Å². The maximum absolute atomic E-state index is 12.0. The first-order chi connectivity index (χ1) is 22.2. The number of carbonyl (C=O) groups is 2. The van der Waals surface area contributed by atoms with Crippen LogP contribution in [0.15, 0.2) is 0 Å². The van der Waals surface area contributed by atoms with E-state index in [1.54, 1.807) is 0 Å². The van der Waals surface area contributed by atoms with E-state index in [-0.39, 0.29) is 46.2 Å². The molecule has 0 aromatic rings. The Kier molecular flexibility index (Phi) is 19.7. The molecule has 46 heavy (non-hydrogen) atoms. The number of ether oxygens (including phenoxy) is 8. The first kappa shape index (κ1) is 40.2. The van der Waals surface area contributed by atoms with E-state index in [9.17, 15) is 35.1 Å². The van der Waals surface area contributed by atoms with E-state index in [2.05, 4.69) is 15.4 Å². The quantitative estimate of drug-likeness (QED) is 0.0846. The maximum Gasteiger partial charge on any atom is 0.407 e. The van der Waals surface area contributed by atoms with Crippen LogP contribution in [0.2, 0.25) is 0 Å². The van der Waals surface area contributed by atoms with Gasteiger partial charge in [0.15, 0.2) is 12.6 Å². The molecule has 10 atom stereocenters. The van der Waals surface area contributed by atoms with Gasteiger partial charge in [-0.15, -0.1) is 0 Å². The van der Waals surface area contributed by atoms with Gasteiger partial charge in [0.05, 0.1) is 59.5 Å². The standard InChI is InChI=1S/C21H37NO13.C6H13NO4/c23-5-8-30-7-4-22-21(29)32-10-13-11-3-1-2-6-31-19-17(28)15(26)18(12(9-24)33-19)35-20(34-13)16(27)14(11)25;1-10-6(9)7-2-4-11-5-3-8/h11-20,23-28H,1-10H2,(H,22,29);8H,2-5H2,1H3,(H,7,9)/t11-,12?,13?,14+,15-,16?,17?,18-,19-,20+;/m1./s1. The summed E-state index contributed by atoms with van der Waals surface area (Å²) >= 11 is 0. The second kappa shape index (κ2) is 22.6. The Morgan fingerprint density at radius 1 is 0.739 bits per heavy atom. The Hall–Kier alpha value is -1.98. The van der Waals surface area contributed by atoms with Crippen molar-refractivity contribution in [2.24, 2.45) is 5.92 Å². The highest BCUT2D eigenvalue weighted by Gasteiger charge is 2.51. The first-order valence-corrected chi connectivity index (χ1v) is 15.2. The summed E-state index contributed by atoms with van der Waals surface area (Å²) in [5.41, 5.74) is 0. The zero-order valence-corrected chi connectivity index (χ0v) is 25.9. The lowest BCUT2D eigenvalue weighted by atomic mass is 9.85. The van der Waals surface area contributed by atoms with Crippen molar-refractivity contribution in [3.63, 3.8) is 0 Å². The predicted molar refractivity (Wildman–Crippen MR) is 152 cm³/mol. The molecule has 0 spiro atoms. The predicted octanol–water partition coefficient (Wildman–Crippen LogP) is -3.84. The van der Waals surface area contributed by atoms with Crippen molar-refractivity contribution < 1.29 is 83.2 Å². The van der Waals surface area contributed by atoms with Gasteiger partial charge in [-0.05, 0) is 12.8 Å². The van der Waals surface area contributed by atoms with E-state index in [0.29, 0.717) is 39.0 Å². The molecule has 6 heterocycles. The van der Waals surface area contributed by atoms with E-state index >= 15 is 0 Å². The number of alkyl carbamates (subject to hydrolysis) is 2. The van der Waals surface area contributed by atoms with E-state index in [1.165, 1.54) is 7.11 Å². The number of aliphatic hydroxyl groups excluding tert-OH is 7. The summed E-state index contributed by atoms with van der Waals surface area (Å²) in [7, 11) is 1.30. The number of hydrogen-bond donors (Lipinski definition) is 9. The zero-order chi connectivity index (χ0) is 33.9. The van der Waals surface area contributed by atoms with Crippen molar-refractivity contribution in [1.82, 2.24) is 10.6 Å². The van der Waals surface area contributed by atoms with E-state index in [0.717, 1.165) is 0 Å². The van der Waals surface area contributed by atoms with Crippen LogP contribution in [-0.2, 0) is 37.9 Å². The summed E-state index contributed by atoms with van der Waals surface area (Å²) < 4.78 is 42.1. The number of hydrogen-bond acceptors (Lipinski definition) is 17. The van der Waals surface area contributed by atoms with Gasteiger partial charge in [0.25, 0.3) is 0 Å². The van der Waals surface area contributed by atoms with E-state index < -0.39 is 80.0 Å². The number of carbonyl (C=O) groups excluding carboxylic acids is 2. The lowest BCUT2D eigenvalue weighted by Crippen LogP contribution is -2.64. The Balaban J connectivity index is 0.000000572. The van der Waals surface area contributed by atoms with E-state index in [1.807, 2.05) is 0 Å². The van der Waals surface area contributed by atoms with Gasteiger partial charge in [-0.25, -0.2) is 9.59 Å². The highest BCUT2D eigenvalue weighted by atomic mass is 16.7. The topological polar surface area (TPSA) is 274 Å². The molecular weight excluding hydrogens is 624 g/mol. The minimum atomic E-state index is -1.53. The minimum Gasteiger partial charge on any atom is -0.453 e. The Morgan fingerprint density at radius 2 is 1.35 bits per heavy atom. The molecule has 6 aliphatic rings. The highest BCUT2D eigenvalue weighted by molar-refractivity contribution is 5.67. The number of amides is 2. The van der Waals surface area contributed by atoms with Crippen LogP contribution in [0.4, 0.5) is 9.59 Å². The van der Waals surface area contributed by atoms with Crippen LogP contribution in [0, 0.1) is 5.92 Å². The molecule has 0 aliphatic carbocycles. The van der Waals surface area contributed by atoms with Crippen LogP contribution in [0.1, 0.15) is 19.3 Å². The van der Waals surface area contributed by atoms with Crippen LogP contribution in [-0.4, -0.2) is 183 Å². The average Bonchev–Trinajstić information content (AvgIpc) is 3.05. The molecule has 0 radical (unpaired) electrons. The van der Waals surface area contributed by atoms with Crippen LogP contribution in [0.3, 0.4) is 0 Å². The number of rotatable bonds is 13. The van der Waals surface area contributed by atoms with Crippen LogP contribution in [0.5, 0.6) is 0 Å². The average molecular weight is 675 g/mol. The normalized spacial score (nSPS) is 32.9. The van der Waals surface area contributed by atoms with Crippen molar-refractivity contribution >= 4 is 12.2 Å². The lowest BCUT2D eigenvalue weighted by molar-refractivity contribution is -0.357. The monoisotopic (exact) mass is 674 g/mol. The maximum atomic E-state index is 12.0. The number of nitrogens with one attached hydrogen (secondary N) is 2. The van der Waals surface area contributed by atoms with Gasteiger partial charge in [-0.1, -0.05) is 6.42 Å². The summed E-state index contributed by atoms with van der Waals surface area (Å²) in [6.07, 6.45) is -11.4. The molecule has 2 amide bonds. The van der Waals surface area contributed by atoms with Crippen LogP contribution < -0.4 is 10.6 Å². The molecule has 270 valence electrons. The minimum absolute atomic E-state index is 0.00176. The molecule has 19 nitrogen and oxygen atoms in total. The first-order valence-electron chi connectivity index (χ1n) is 15.2. The summed E-state index contributed by atoms with van der Waals surface area (Å²) in [5, 5.41) is 74.1. The summed E-state index contributed by atoms with van der Waals surface area (Å²) in [4.78, 5) is 22.4. The number of methoxy groups -OCH3 is 1. The van der Waals surface area contributed by atoms with Crippen LogP contribution in [0.25, 0.3) is 0 Å². The summed E-state index contributed by atoms with van der Waals surface area (Å²) in [6, 6.07) is 0. The Labute approximate surface area is 266 Å². The van der Waals surface area contributed by atoms with Crippen molar-refractivity contribution in [3.05, 3.63) is 0 Å². The SMILES string of the molecule is COC(=O)NCCOCCO.O=C(NCCOCCO)OCC1O[C@H]2O[C@@H]3C(CO)O[C@@H](OCCCC[C@H]1[C@H](O)C2O)C(O)[C@H]3O. The fourth-order valence-corrected chi connectivity index (χ4v) is 4.88. The lowest BCUT2D eigenvalue weighted by Gasteiger charge is -2.47. The van der Waals surface area contributed by atoms with Gasteiger partial charge < -0.3 is 84.3 Å². The third-order valence-electron chi connectivity index (χ3n) is 7.25. The second-order valence-electron chi connectivity index (χ2n) is 10.5. The third-order valence-corrected chi connectivity index (χ3v) is 7.25. The van der Waals surface area contributed by atoms with Crippen molar-refractivity contribution in [2.45, 2.75) is 74.6 Å². The largest absolute Gasteiger partial charge is 0.453 e. The molecule has 0 aromatic heterocycles. The molecule has 6 aliphatic heterocycles. The molecule has 4 bridgehead atoms. The summed E-state index contributed by atoms with van der Waals surface area (Å²) in [6.45, 7) is 0.784. The molecule has 0 saturated carbocycles. The second-order valence-corrected chi connectivity index (χ2v) is 10.5. The molecule has 19 heteroatoms. The van der Waals surface area contributed by atoms with Crippen molar-refractivity contribution in [2.75, 3.05) is 79.7 Å². The Morgan fingerprint density at radius 3 is 1.96 bits per heavy atom. The van der Waals surface area contributed by atoms with Gasteiger partial charge in [0, 0.05) is 25.6 Å². The molecule has 6 rings (SSSR count).